The number of carboxylic acid groups (broad SMARTS) is 1. The molecule has 7 nitrogen and oxygen atoms in total. The fourth-order valence-electron chi connectivity index (χ4n) is 4.52. The van der Waals surface area contributed by atoms with E-state index in [1.807, 2.05) is 17.0 Å². The van der Waals surface area contributed by atoms with Crippen molar-refractivity contribution < 1.29 is 14.3 Å². The van der Waals surface area contributed by atoms with Gasteiger partial charge in [-0.2, -0.15) is 0 Å². The van der Waals surface area contributed by atoms with E-state index in [1.165, 1.54) is 27.7 Å². The largest absolute Gasteiger partial charge is 0.478 e. The first kappa shape index (κ1) is 21.6. The Bertz CT molecular complexity index is 1470. The summed E-state index contributed by atoms with van der Waals surface area (Å²) in [6.07, 6.45) is 1.14. The molecule has 4 aromatic rings. The number of nitrogens with one attached hydrogen (secondary N) is 1. The number of pyridine rings is 1. The molecule has 0 radical (unpaired) electrons. The van der Waals surface area contributed by atoms with Crippen LogP contribution in [0.1, 0.15) is 45.6 Å². The van der Waals surface area contributed by atoms with E-state index in [1.54, 1.807) is 32.0 Å². The minimum absolute atomic E-state index is 0.103. The minimum Gasteiger partial charge on any atom is -0.478 e. The van der Waals surface area contributed by atoms with Crippen LogP contribution in [0.15, 0.2) is 65.6 Å². The third-order valence-electron chi connectivity index (χ3n) is 6.26. The zero-order valence-corrected chi connectivity index (χ0v) is 18.7. The van der Waals surface area contributed by atoms with Crippen molar-refractivity contribution in [1.29, 1.82) is 0 Å². The predicted octanol–water partition coefficient (Wildman–Crippen LogP) is 4.53. The van der Waals surface area contributed by atoms with E-state index in [2.05, 4.69) is 17.4 Å². The molecule has 8 heteroatoms. The van der Waals surface area contributed by atoms with Crippen LogP contribution in [0.3, 0.4) is 0 Å². The lowest BCUT2D eigenvalue weighted by molar-refractivity contribution is 0.0698. The van der Waals surface area contributed by atoms with Gasteiger partial charge in [-0.05, 0) is 43.2 Å². The van der Waals surface area contributed by atoms with E-state index < -0.39 is 17.8 Å². The summed E-state index contributed by atoms with van der Waals surface area (Å²) in [5.74, 6) is -1.08. The molecule has 5 rings (SSSR count). The summed E-state index contributed by atoms with van der Waals surface area (Å²) in [5, 5.41) is 12.6. The lowest BCUT2D eigenvalue weighted by atomic mass is 10.1. The van der Waals surface area contributed by atoms with Crippen LogP contribution < -0.4 is 15.8 Å². The minimum atomic E-state index is -1.07. The van der Waals surface area contributed by atoms with Crippen LogP contribution >= 0.6 is 0 Å². The Balaban J connectivity index is 1.60. The summed E-state index contributed by atoms with van der Waals surface area (Å²) in [5.41, 5.74) is 3.76. The molecular formula is C26H23FN4O3. The monoisotopic (exact) mass is 458 g/mol. The number of nitrogens with zero attached hydrogens (tertiary/aromatic N) is 3. The molecule has 0 fully saturated rings. The molecule has 34 heavy (non-hydrogen) atoms. The molecular weight excluding hydrogens is 435 g/mol. The molecule has 0 unspecified atom stereocenters. The number of halogens is 1. The third-order valence-corrected chi connectivity index (χ3v) is 6.26. The number of hydrogen-bond donors (Lipinski definition) is 2. The quantitative estimate of drug-likeness (QED) is 0.457. The zero-order valence-electron chi connectivity index (χ0n) is 18.7. The average Bonchev–Trinajstić information content (AvgIpc) is 3.25. The number of benzene rings is 2. The van der Waals surface area contributed by atoms with Crippen LogP contribution in [-0.4, -0.2) is 20.5 Å². The fraction of sp³-hybridized carbons (Fsp3) is 0.192. The van der Waals surface area contributed by atoms with Gasteiger partial charge in [0.1, 0.15) is 17.3 Å². The second kappa shape index (κ2) is 8.30. The smallest absolute Gasteiger partial charge is 0.337 e. The van der Waals surface area contributed by atoms with Gasteiger partial charge in [0, 0.05) is 30.5 Å². The number of aromatic nitrogens is 2. The number of carboxylic acids is 1. The topological polar surface area (TPSA) is 86.9 Å². The van der Waals surface area contributed by atoms with Crippen LogP contribution in [0.5, 0.6) is 0 Å². The molecule has 0 bridgehead atoms. The van der Waals surface area contributed by atoms with E-state index in [0.717, 1.165) is 6.20 Å². The van der Waals surface area contributed by atoms with Gasteiger partial charge in [0.05, 0.1) is 17.2 Å². The Labute approximate surface area is 195 Å². The normalized spacial score (nSPS) is 13.7. The van der Waals surface area contributed by atoms with Crippen molar-refractivity contribution in [3.8, 4) is 0 Å². The maximum atomic E-state index is 14.6. The van der Waals surface area contributed by atoms with Gasteiger partial charge in [0.15, 0.2) is 0 Å². The summed E-state index contributed by atoms with van der Waals surface area (Å²) in [7, 11) is 0. The molecule has 0 aliphatic carbocycles. The van der Waals surface area contributed by atoms with Crippen molar-refractivity contribution >= 4 is 23.1 Å². The first-order valence-electron chi connectivity index (χ1n) is 11.0. The number of fused-ring (bicyclic) bond motifs is 2. The Morgan fingerprint density at radius 3 is 2.44 bits per heavy atom. The lowest BCUT2D eigenvalue weighted by Gasteiger charge is -2.22. The summed E-state index contributed by atoms with van der Waals surface area (Å²) in [6, 6.07) is 15.4. The van der Waals surface area contributed by atoms with Crippen molar-refractivity contribution in [2.24, 2.45) is 0 Å². The van der Waals surface area contributed by atoms with Crippen LogP contribution in [-0.2, 0) is 13.1 Å². The van der Waals surface area contributed by atoms with E-state index in [-0.39, 0.29) is 11.1 Å². The molecule has 1 aliphatic rings. The van der Waals surface area contributed by atoms with Crippen molar-refractivity contribution in [3.63, 3.8) is 0 Å². The van der Waals surface area contributed by atoms with Gasteiger partial charge in [0.2, 0.25) is 0 Å². The predicted molar refractivity (Wildman–Crippen MR) is 128 cm³/mol. The van der Waals surface area contributed by atoms with Crippen molar-refractivity contribution in [3.05, 3.63) is 105 Å². The van der Waals surface area contributed by atoms with Crippen LogP contribution in [0, 0.1) is 12.7 Å². The Morgan fingerprint density at radius 1 is 1.12 bits per heavy atom. The standard InChI is InChI=1S/C26H23FN4O3/c1-15-23(30-12-17-7-3-4-8-18(17)13-30)29-24-21(11-19(27)14-31(24)25(15)32)16(2)28-22-10-6-5-9-20(22)26(33)34/h3-11,14,16,28H,12-13H2,1-2H3,(H,33,34)/t16-/m1/s1. The van der Waals surface area contributed by atoms with Gasteiger partial charge in [-0.25, -0.2) is 14.2 Å². The maximum absolute atomic E-state index is 14.6. The first-order chi connectivity index (χ1) is 16.3. The number of hydrogen-bond acceptors (Lipinski definition) is 5. The maximum Gasteiger partial charge on any atom is 0.337 e. The van der Waals surface area contributed by atoms with Gasteiger partial charge in [-0.3, -0.25) is 9.20 Å². The number of rotatable bonds is 5. The molecule has 0 spiro atoms. The number of para-hydroxylation sites is 1. The average molecular weight is 458 g/mol. The molecule has 2 aromatic heterocycles. The van der Waals surface area contributed by atoms with E-state index >= 15 is 0 Å². The highest BCUT2D eigenvalue weighted by Crippen LogP contribution is 2.30. The van der Waals surface area contributed by atoms with Crippen molar-refractivity contribution in [2.75, 3.05) is 10.2 Å². The van der Waals surface area contributed by atoms with E-state index in [4.69, 9.17) is 4.98 Å². The summed E-state index contributed by atoms with van der Waals surface area (Å²) >= 11 is 0. The molecule has 1 aliphatic heterocycles. The van der Waals surface area contributed by atoms with Gasteiger partial charge in [-0.1, -0.05) is 36.4 Å². The van der Waals surface area contributed by atoms with E-state index in [0.29, 0.717) is 41.4 Å². The van der Waals surface area contributed by atoms with Gasteiger partial charge in [0.25, 0.3) is 5.56 Å². The number of aromatic carboxylic acids is 1. The molecule has 0 amide bonds. The Kier molecular flexibility index (Phi) is 5.28. The summed E-state index contributed by atoms with van der Waals surface area (Å²) < 4.78 is 15.8. The number of anilines is 2. The molecule has 2 aromatic carbocycles. The molecule has 0 saturated heterocycles. The number of carbonyl (C=O) groups is 1. The highest BCUT2D eigenvalue weighted by atomic mass is 19.1. The highest BCUT2D eigenvalue weighted by Gasteiger charge is 2.25. The van der Waals surface area contributed by atoms with Crippen LogP contribution in [0.25, 0.3) is 5.65 Å². The molecule has 3 heterocycles. The lowest BCUT2D eigenvalue weighted by Crippen LogP contribution is -2.27. The van der Waals surface area contributed by atoms with Crippen LogP contribution in [0.2, 0.25) is 0 Å². The molecule has 172 valence electrons. The van der Waals surface area contributed by atoms with E-state index in [9.17, 15) is 19.1 Å². The van der Waals surface area contributed by atoms with Gasteiger partial charge < -0.3 is 15.3 Å². The second-order valence-corrected chi connectivity index (χ2v) is 8.51. The third kappa shape index (κ3) is 3.67. The Morgan fingerprint density at radius 2 is 1.76 bits per heavy atom. The highest BCUT2D eigenvalue weighted by molar-refractivity contribution is 5.94. The SMILES string of the molecule is Cc1c(N2Cc3ccccc3C2)nc2c([C@@H](C)Nc3ccccc3C(=O)O)cc(F)cn2c1=O. The van der Waals surface area contributed by atoms with Gasteiger partial charge in [-0.15, -0.1) is 0 Å². The first-order valence-corrected chi connectivity index (χ1v) is 11.0. The molecule has 2 N–H and O–H groups in total. The summed E-state index contributed by atoms with van der Waals surface area (Å²) in [6.45, 7) is 4.76. The molecule has 1 atom stereocenters. The summed E-state index contributed by atoms with van der Waals surface area (Å²) in [4.78, 5) is 31.7. The van der Waals surface area contributed by atoms with Crippen molar-refractivity contribution in [1.82, 2.24) is 9.38 Å². The van der Waals surface area contributed by atoms with Gasteiger partial charge >= 0.3 is 5.97 Å². The second-order valence-electron chi connectivity index (χ2n) is 8.51. The zero-order chi connectivity index (χ0) is 24.0. The molecule has 0 saturated carbocycles. The Hall–Kier alpha value is -4.20. The fourth-order valence-corrected chi connectivity index (χ4v) is 4.52. The van der Waals surface area contributed by atoms with Crippen LogP contribution in [0.4, 0.5) is 15.9 Å². The van der Waals surface area contributed by atoms with Crippen molar-refractivity contribution in [2.45, 2.75) is 33.0 Å².